The normalized spacial score (nSPS) is 18.2. The van der Waals surface area contributed by atoms with Crippen molar-refractivity contribution in [1.29, 1.82) is 0 Å². The lowest BCUT2D eigenvalue weighted by atomic mass is 10.0. The van der Waals surface area contributed by atoms with E-state index in [-0.39, 0.29) is 35.3 Å². The number of amides is 1. The minimum Gasteiger partial charge on any atom is -0.502 e. The van der Waals surface area contributed by atoms with Crippen LogP contribution in [0.2, 0.25) is 5.02 Å². The molecule has 1 fully saturated rings. The summed E-state index contributed by atoms with van der Waals surface area (Å²) >= 11 is 5.74. The number of aromatic nitrogens is 1. The average molecular weight is 434 g/mol. The number of pyridine rings is 1. The van der Waals surface area contributed by atoms with Gasteiger partial charge in [-0.05, 0) is 43.4 Å². The zero-order valence-corrected chi connectivity index (χ0v) is 17.2. The SMILES string of the molecule is CN1C(=O)c2c(O)c(=O)c(C(=O)CCc3ccc(Cl)cc3F)cn2N2CCCC[C@@H]12. The van der Waals surface area contributed by atoms with Crippen molar-refractivity contribution < 1.29 is 19.1 Å². The van der Waals surface area contributed by atoms with Crippen LogP contribution in [-0.4, -0.2) is 46.1 Å². The molecule has 4 rings (SSSR count). The number of benzene rings is 1. The van der Waals surface area contributed by atoms with Crippen molar-refractivity contribution in [2.24, 2.45) is 0 Å². The van der Waals surface area contributed by atoms with E-state index in [9.17, 15) is 23.9 Å². The monoisotopic (exact) mass is 433 g/mol. The minimum atomic E-state index is -0.889. The number of Topliss-reactive ketones (excluding diaryl/α,β-unsaturated/α-hetero) is 1. The molecule has 7 nitrogen and oxygen atoms in total. The van der Waals surface area contributed by atoms with Gasteiger partial charge in [0.1, 0.15) is 12.0 Å². The van der Waals surface area contributed by atoms with Gasteiger partial charge in [0.15, 0.2) is 17.2 Å². The van der Waals surface area contributed by atoms with E-state index >= 15 is 0 Å². The Hall–Kier alpha value is -2.87. The van der Waals surface area contributed by atoms with Crippen LogP contribution in [0.4, 0.5) is 4.39 Å². The zero-order valence-electron chi connectivity index (χ0n) is 16.4. The molecule has 2 aliphatic rings. The molecule has 1 saturated heterocycles. The lowest BCUT2D eigenvalue weighted by Crippen LogP contribution is -2.61. The molecule has 0 aliphatic carbocycles. The first-order valence-corrected chi connectivity index (χ1v) is 10.2. The van der Waals surface area contributed by atoms with Gasteiger partial charge in [0, 0.05) is 31.2 Å². The Labute approximate surface area is 177 Å². The number of aryl methyl sites for hydroxylation is 1. The van der Waals surface area contributed by atoms with Crippen molar-refractivity contribution in [2.75, 3.05) is 18.6 Å². The van der Waals surface area contributed by atoms with E-state index in [2.05, 4.69) is 0 Å². The Balaban J connectivity index is 1.68. The van der Waals surface area contributed by atoms with Crippen molar-refractivity contribution in [2.45, 2.75) is 38.3 Å². The second-order valence-corrected chi connectivity index (χ2v) is 8.06. The first-order chi connectivity index (χ1) is 14.3. The summed E-state index contributed by atoms with van der Waals surface area (Å²) in [5.74, 6) is -2.25. The standard InChI is InChI=1S/C21H21ClFN3O4/c1-24-17-4-2-3-9-25(17)26-11-14(19(28)20(29)18(26)21(24)30)16(27)8-6-12-5-7-13(22)10-15(12)23/h5,7,10-11,17,29H,2-4,6,8-9H2,1H3/t17-/m0/s1. The van der Waals surface area contributed by atoms with Crippen molar-refractivity contribution >= 4 is 23.3 Å². The quantitative estimate of drug-likeness (QED) is 0.749. The summed E-state index contributed by atoms with van der Waals surface area (Å²) < 4.78 is 15.4. The Kier molecular flexibility index (Phi) is 5.27. The van der Waals surface area contributed by atoms with Crippen LogP contribution < -0.4 is 10.4 Å². The van der Waals surface area contributed by atoms with Gasteiger partial charge in [-0.1, -0.05) is 17.7 Å². The third kappa shape index (κ3) is 3.35. The highest BCUT2D eigenvalue weighted by atomic mass is 35.5. The molecule has 1 amide bonds. The fraction of sp³-hybridized carbons (Fsp3) is 0.381. The Morgan fingerprint density at radius 3 is 2.80 bits per heavy atom. The molecule has 1 atom stereocenters. The van der Waals surface area contributed by atoms with Crippen molar-refractivity contribution in [3.05, 3.63) is 62.3 Å². The molecule has 0 saturated carbocycles. The first kappa shape index (κ1) is 20.4. The number of aromatic hydroxyl groups is 1. The third-order valence-corrected chi connectivity index (χ3v) is 6.03. The summed E-state index contributed by atoms with van der Waals surface area (Å²) in [6.07, 6.45) is 3.70. The Bertz CT molecular complexity index is 1100. The Morgan fingerprint density at radius 1 is 1.30 bits per heavy atom. The molecule has 0 unspecified atom stereocenters. The number of halogens is 2. The molecule has 158 valence electrons. The van der Waals surface area contributed by atoms with Gasteiger partial charge in [-0.2, -0.15) is 0 Å². The van der Waals surface area contributed by atoms with Crippen LogP contribution in [0.3, 0.4) is 0 Å². The van der Waals surface area contributed by atoms with Gasteiger partial charge in [-0.3, -0.25) is 24.1 Å². The second kappa shape index (κ2) is 7.75. The van der Waals surface area contributed by atoms with Gasteiger partial charge < -0.3 is 10.0 Å². The lowest BCUT2D eigenvalue weighted by molar-refractivity contribution is 0.0591. The van der Waals surface area contributed by atoms with Gasteiger partial charge in [0.25, 0.3) is 5.91 Å². The van der Waals surface area contributed by atoms with E-state index in [1.54, 1.807) is 7.05 Å². The predicted molar refractivity (Wildman–Crippen MR) is 109 cm³/mol. The zero-order chi connectivity index (χ0) is 21.6. The highest BCUT2D eigenvalue weighted by Crippen LogP contribution is 2.29. The number of ketones is 1. The van der Waals surface area contributed by atoms with E-state index in [1.807, 2.05) is 5.01 Å². The topological polar surface area (TPSA) is 82.9 Å². The second-order valence-electron chi connectivity index (χ2n) is 7.63. The highest BCUT2D eigenvalue weighted by molar-refractivity contribution is 6.30. The van der Waals surface area contributed by atoms with E-state index in [1.165, 1.54) is 34.0 Å². The third-order valence-electron chi connectivity index (χ3n) is 5.79. The van der Waals surface area contributed by atoms with Gasteiger partial charge in [-0.15, -0.1) is 0 Å². The van der Waals surface area contributed by atoms with Gasteiger partial charge in [0.2, 0.25) is 5.43 Å². The number of carbonyl (C=O) groups excluding carboxylic acids is 2. The summed E-state index contributed by atoms with van der Waals surface area (Å²) in [7, 11) is 1.64. The molecule has 1 N–H and O–H groups in total. The summed E-state index contributed by atoms with van der Waals surface area (Å²) in [6.45, 7) is 0.626. The average Bonchev–Trinajstić information content (AvgIpc) is 2.73. The molecule has 1 aromatic heterocycles. The fourth-order valence-corrected chi connectivity index (χ4v) is 4.30. The van der Waals surface area contributed by atoms with Crippen molar-refractivity contribution in [3.8, 4) is 5.75 Å². The van der Waals surface area contributed by atoms with Crippen molar-refractivity contribution in [3.63, 3.8) is 0 Å². The molecule has 30 heavy (non-hydrogen) atoms. The van der Waals surface area contributed by atoms with E-state index in [0.717, 1.165) is 19.3 Å². The van der Waals surface area contributed by atoms with Gasteiger partial charge in [-0.25, -0.2) is 4.39 Å². The molecule has 0 spiro atoms. The summed E-state index contributed by atoms with van der Waals surface area (Å²) in [6, 6.07) is 4.19. The predicted octanol–water partition coefficient (Wildman–Crippen LogP) is 2.70. The molecule has 9 heteroatoms. The number of hydrogen-bond acceptors (Lipinski definition) is 5. The smallest absolute Gasteiger partial charge is 0.277 e. The molecular formula is C21H21ClFN3O4. The maximum atomic E-state index is 14.0. The first-order valence-electron chi connectivity index (χ1n) is 9.79. The molecule has 1 aromatic carbocycles. The molecular weight excluding hydrogens is 413 g/mol. The minimum absolute atomic E-state index is 0.0811. The number of hydrogen-bond donors (Lipinski definition) is 1. The number of nitrogens with zero attached hydrogens (tertiary/aromatic N) is 3. The van der Waals surface area contributed by atoms with E-state index in [0.29, 0.717) is 12.1 Å². The number of carbonyl (C=O) groups is 2. The van der Waals surface area contributed by atoms with Crippen LogP contribution >= 0.6 is 11.6 Å². The van der Waals surface area contributed by atoms with Crippen molar-refractivity contribution in [1.82, 2.24) is 9.58 Å². The van der Waals surface area contributed by atoms with Crippen LogP contribution in [0, 0.1) is 5.82 Å². The van der Waals surface area contributed by atoms with Crippen LogP contribution in [0.1, 0.15) is 52.1 Å². The molecule has 0 radical (unpaired) electrons. The number of piperidine rings is 1. The molecule has 2 aromatic rings. The molecule has 3 heterocycles. The van der Waals surface area contributed by atoms with Crippen LogP contribution in [-0.2, 0) is 6.42 Å². The molecule has 0 bridgehead atoms. The maximum Gasteiger partial charge on any atom is 0.277 e. The largest absolute Gasteiger partial charge is 0.502 e. The summed E-state index contributed by atoms with van der Waals surface area (Å²) in [5.41, 5.74) is -0.934. The van der Waals surface area contributed by atoms with Gasteiger partial charge in [0.05, 0.1) is 5.56 Å². The lowest BCUT2D eigenvalue weighted by Gasteiger charge is -2.47. The van der Waals surface area contributed by atoms with E-state index in [4.69, 9.17) is 11.6 Å². The number of rotatable bonds is 4. The van der Waals surface area contributed by atoms with Crippen LogP contribution in [0.5, 0.6) is 5.75 Å². The van der Waals surface area contributed by atoms with Crippen LogP contribution in [0.15, 0.2) is 29.2 Å². The molecule has 2 aliphatic heterocycles. The summed E-state index contributed by atoms with van der Waals surface area (Å²) in [5, 5.41) is 12.6. The van der Waals surface area contributed by atoms with E-state index < -0.39 is 28.7 Å². The van der Waals surface area contributed by atoms with Gasteiger partial charge >= 0.3 is 0 Å². The van der Waals surface area contributed by atoms with Crippen LogP contribution in [0.25, 0.3) is 0 Å². The summed E-state index contributed by atoms with van der Waals surface area (Å²) in [4.78, 5) is 39.7. The number of fused-ring (bicyclic) bond motifs is 3. The fourth-order valence-electron chi connectivity index (χ4n) is 4.14. The maximum absolute atomic E-state index is 14.0. The Morgan fingerprint density at radius 2 is 2.07 bits per heavy atom. The highest BCUT2D eigenvalue weighted by Gasteiger charge is 2.39.